The number of hydrogen-bond donors (Lipinski definition) is 0. The van der Waals surface area contributed by atoms with Crippen LogP contribution in [-0.2, 0) is 14.8 Å². The summed E-state index contributed by atoms with van der Waals surface area (Å²) in [4.78, 5) is 13.3. The zero-order valence-electron chi connectivity index (χ0n) is 17.5. The zero-order chi connectivity index (χ0) is 23.3. The Morgan fingerprint density at radius 1 is 1.22 bits per heavy atom. The fourth-order valence-corrected chi connectivity index (χ4v) is 5.07. The Bertz CT molecular complexity index is 1150. The van der Waals surface area contributed by atoms with Crippen molar-refractivity contribution in [2.45, 2.75) is 11.8 Å². The molecule has 0 spiro atoms. The Kier molecular flexibility index (Phi) is 7.40. The minimum Gasteiger partial charge on any atom is -0.456 e. The van der Waals surface area contributed by atoms with Crippen LogP contribution in [0, 0.1) is 18.3 Å². The van der Waals surface area contributed by atoms with Crippen LogP contribution >= 0.6 is 11.6 Å². The molecule has 0 aromatic heterocycles. The van der Waals surface area contributed by atoms with E-state index in [0.717, 1.165) is 5.56 Å². The standard InChI is InChI=1S/C22H22ClN3O5S/c1-3-10-30-22(27)25-6-8-26(9-7-25)32(28,29)21-13-17(15-24)4-5-20(21)31-19-12-16(2)11-18(23)14-19/h3-5,11-14H,1,6-10H2,2H3. The molecule has 3 rings (SSSR count). The number of rotatable bonds is 6. The van der Waals surface area contributed by atoms with Gasteiger partial charge in [-0.05, 0) is 48.9 Å². The Labute approximate surface area is 192 Å². The van der Waals surface area contributed by atoms with Gasteiger partial charge in [-0.3, -0.25) is 0 Å². The Morgan fingerprint density at radius 2 is 1.94 bits per heavy atom. The van der Waals surface area contributed by atoms with Crippen molar-refractivity contribution in [3.8, 4) is 17.6 Å². The molecule has 0 N–H and O–H groups in total. The Morgan fingerprint density at radius 3 is 2.56 bits per heavy atom. The van der Waals surface area contributed by atoms with E-state index >= 15 is 0 Å². The van der Waals surface area contributed by atoms with Crippen molar-refractivity contribution in [1.29, 1.82) is 5.26 Å². The van der Waals surface area contributed by atoms with E-state index in [-0.39, 0.29) is 49.0 Å². The van der Waals surface area contributed by atoms with Gasteiger partial charge < -0.3 is 14.4 Å². The summed E-state index contributed by atoms with van der Waals surface area (Å²) >= 11 is 6.09. The molecule has 32 heavy (non-hydrogen) atoms. The van der Waals surface area contributed by atoms with Crippen LogP contribution in [-0.4, -0.2) is 56.5 Å². The van der Waals surface area contributed by atoms with Crippen molar-refractivity contribution in [3.05, 3.63) is 65.2 Å². The first-order valence-corrected chi connectivity index (χ1v) is 11.6. The van der Waals surface area contributed by atoms with Crippen LogP contribution in [0.4, 0.5) is 4.79 Å². The van der Waals surface area contributed by atoms with Gasteiger partial charge in [0.1, 0.15) is 23.0 Å². The number of hydrogen-bond acceptors (Lipinski definition) is 6. The second kappa shape index (κ2) is 10.0. The molecule has 8 nitrogen and oxygen atoms in total. The van der Waals surface area contributed by atoms with Gasteiger partial charge in [0.2, 0.25) is 10.0 Å². The summed E-state index contributed by atoms with van der Waals surface area (Å²) in [5, 5.41) is 9.73. The SMILES string of the molecule is C=CCOC(=O)N1CCN(S(=O)(=O)c2cc(C#N)ccc2Oc2cc(C)cc(Cl)c2)CC1. The van der Waals surface area contributed by atoms with E-state index in [1.807, 2.05) is 13.0 Å². The molecule has 1 heterocycles. The fourth-order valence-electron chi connectivity index (χ4n) is 3.22. The van der Waals surface area contributed by atoms with Crippen LogP contribution in [0.1, 0.15) is 11.1 Å². The topological polar surface area (TPSA) is 99.9 Å². The molecule has 0 radical (unpaired) electrons. The molecule has 0 atom stereocenters. The molecule has 1 saturated heterocycles. The third-order valence-electron chi connectivity index (χ3n) is 4.76. The first-order chi connectivity index (χ1) is 15.2. The van der Waals surface area contributed by atoms with Crippen molar-refractivity contribution in [3.63, 3.8) is 0 Å². The quantitative estimate of drug-likeness (QED) is 0.586. The van der Waals surface area contributed by atoms with E-state index in [4.69, 9.17) is 21.1 Å². The van der Waals surface area contributed by atoms with Crippen molar-refractivity contribution < 1.29 is 22.7 Å². The van der Waals surface area contributed by atoms with Crippen LogP contribution in [0.5, 0.6) is 11.5 Å². The summed E-state index contributed by atoms with van der Waals surface area (Å²) in [6, 6.07) is 11.2. The first kappa shape index (κ1) is 23.6. The average molecular weight is 476 g/mol. The van der Waals surface area contributed by atoms with Gasteiger partial charge in [-0.2, -0.15) is 9.57 Å². The lowest BCUT2D eigenvalue weighted by molar-refractivity contribution is 0.0978. The maximum atomic E-state index is 13.4. The molecule has 168 valence electrons. The average Bonchev–Trinajstić information content (AvgIpc) is 2.77. The Hall–Kier alpha value is -3.06. The minimum atomic E-state index is -4.00. The number of carbonyl (C=O) groups is 1. The van der Waals surface area contributed by atoms with E-state index in [0.29, 0.717) is 10.8 Å². The number of ether oxygens (including phenoxy) is 2. The van der Waals surface area contributed by atoms with Crippen LogP contribution in [0.25, 0.3) is 0 Å². The highest BCUT2D eigenvalue weighted by Crippen LogP contribution is 2.33. The maximum absolute atomic E-state index is 13.4. The lowest BCUT2D eigenvalue weighted by Gasteiger charge is -2.33. The van der Waals surface area contributed by atoms with Crippen LogP contribution in [0.15, 0.2) is 53.9 Å². The van der Waals surface area contributed by atoms with Crippen molar-refractivity contribution in [2.24, 2.45) is 0 Å². The number of sulfonamides is 1. The van der Waals surface area contributed by atoms with Crippen molar-refractivity contribution in [1.82, 2.24) is 9.21 Å². The molecule has 1 amide bonds. The van der Waals surface area contributed by atoms with Gasteiger partial charge in [0, 0.05) is 31.2 Å². The number of carbonyl (C=O) groups excluding carboxylic acids is 1. The second-order valence-corrected chi connectivity index (χ2v) is 9.44. The van der Waals surface area contributed by atoms with E-state index in [2.05, 4.69) is 6.58 Å². The predicted octanol–water partition coefficient (Wildman–Crippen LogP) is 3.94. The number of halogens is 1. The molecule has 0 unspecified atom stereocenters. The second-order valence-electron chi connectivity index (χ2n) is 7.10. The van der Waals surface area contributed by atoms with E-state index in [1.165, 1.54) is 33.5 Å². The largest absolute Gasteiger partial charge is 0.456 e. The summed E-state index contributed by atoms with van der Waals surface area (Å²) in [5.41, 5.74) is 1.04. The number of nitriles is 1. The predicted molar refractivity (Wildman–Crippen MR) is 119 cm³/mol. The lowest BCUT2D eigenvalue weighted by atomic mass is 10.2. The molecule has 2 aromatic carbocycles. The van der Waals surface area contributed by atoms with E-state index in [9.17, 15) is 18.5 Å². The number of aryl methyl sites for hydroxylation is 1. The monoisotopic (exact) mass is 475 g/mol. The summed E-state index contributed by atoms with van der Waals surface area (Å²) in [6.45, 7) is 5.94. The van der Waals surface area contributed by atoms with Gasteiger partial charge in [0.25, 0.3) is 0 Å². The van der Waals surface area contributed by atoms with Crippen LogP contribution < -0.4 is 4.74 Å². The maximum Gasteiger partial charge on any atom is 0.410 e. The molecule has 1 aliphatic rings. The minimum absolute atomic E-state index is 0.0814. The summed E-state index contributed by atoms with van der Waals surface area (Å²) in [5.74, 6) is 0.462. The highest BCUT2D eigenvalue weighted by molar-refractivity contribution is 7.89. The molecule has 0 saturated carbocycles. The van der Waals surface area contributed by atoms with Gasteiger partial charge in [-0.25, -0.2) is 13.2 Å². The van der Waals surface area contributed by atoms with Crippen molar-refractivity contribution >= 4 is 27.7 Å². The smallest absolute Gasteiger partial charge is 0.410 e. The number of piperazine rings is 1. The Balaban J connectivity index is 1.86. The first-order valence-electron chi connectivity index (χ1n) is 9.76. The molecule has 1 fully saturated rings. The summed E-state index contributed by atoms with van der Waals surface area (Å²) in [6.07, 6.45) is 0.942. The fraction of sp³-hybridized carbons (Fsp3) is 0.273. The summed E-state index contributed by atoms with van der Waals surface area (Å²) < 4.78 is 38.9. The number of benzene rings is 2. The molecule has 0 aliphatic carbocycles. The highest BCUT2D eigenvalue weighted by Gasteiger charge is 2.33. The van der Waals surface area contributed by atoms with Gasteiger partial charge in [0.05, 0.1) is 11.6 Å². The zero-order valence-corrected chi connectivity index (χ0v) is 19.0. The molecule has 1 aliphatic heterocycles. The van der Waals surface area contributed by atoms with Crippen LogP contribution in [0.3, 0.4) is 0 Å². The van der Waals surface area contributed by atoms with Gasteiger partial charge in [-0.1, -0.05) is 24.3 Å². The van der Waals surface area contributed by atoms with E-state index in [1.54, 1.807) is 18.2 Å². The molecule has 2 aromatic rings. The summed E-state index contributed by atoms with van der Waals surface area (Å²) in [7, 11) is -4.00. The van der Waals surface area contributed by atoms with Gasteiger partial charge in [-0.15, -0.1) is 0 Å². The molecular formula is C22H22ClN3O5S. The number of amides is 1. The normalized spacial score (nSPS) is 14.5. The van der Waals surface area contributed by atoms with E-state index < -0.39 is 16.1 Å². The third-order valence-corrected chi connectivity index (χ3v) is 6.89. The number of nitrogens with zero attached hydrogens (tertiary/aromatic N) is 3. The van der Waals surface area contributed by atoms with Crippen LogP contribution in [0.2, 0.25) is 5.02 Å². The third kappa shape index (κ3) is 5.40. The molecule has 10 heteroatoms. The molecular weight excluding hydrogens is 454 g/mol. The highest BCUT2D eigenvalue weighted by atomic mass is 35.5. The lowest BCUT2D eigenvalue weighted by Crippen LogP contribution is -2.50. The van der Waals surface area contributed by atoms with Gasteiger partial charge >= 0.3 is 6.09 Å². The van der Waals surface area contributed by atoms with Gasteiger partial charge in [0.15, 0.2) is 0 Å². The molecule has 0 bridgehead atoms. The van der Waals surface area contributed by atoms with Crippen molar-refractivity contribution in [2.75, 3.05) is 32.8 Å².